The van der Waals surface area contributed by atoms with Crippen LogP contribution in [0, 0.1) is 0 Å². The number of benzene rings is 1. The molecule has 20 heavy (non-hydrogen) atoms. The van der Waals surface area contributed by atoms with Gasteiger partial charge in [-0.15, -0.1) is 12.6 Å². The van der Waals surface area contributed by atoms with Crippen LogP contribution in [0.1, 0.15) is 12.5 Å². The number of carbonyl (C=O) groups excluding carboxylic acids is 1. The monoisotopic (exact) mass is 293 g/mol. The van der Waals surface area contributed by atoms with Gasteiger partial charge in [-0.2, -0.15) is 0 Å². The molecule has 1 aromatic carbocycles. The van der Waals surface area contributed by atoms with Crippen molar-refractivity contribution < 1.29 is 9.53 Å². The molecule has 0 aliphatic heterocycles. The van der Waals surface area contributed by atoms with E-state index in [0.717, 1.165) is 10.6 Å². The van der Waals surface area contributed by atoms with Gasteiger partial charge in [0.15, 0.2) is 6.29 Å². The van der Waals surface area contributed by atoms with Gasteiger partial charge in [0.05, 0.1) is 0 Å². The predicted octanol–water partition coefficient (Wildman–Crippen LogP) is 1.65. The van der Waals surface area contributed by atoms with Gasteiger partial charge in [-0.3, -0.25) is 9.79 Å². The highest BCUT2D eigenvalue weighted by atomic mass is 32.1. The van der Waals surface area contributed by atoms with Crippen molar-refractivity contribution in [2.75, 3.05) is 26.4 Å². The largest absolute Gasteiger partial charge is 0.488 e. The summed E-state index contributed by atoms with van der Waals surface area (Å²) >= 11 is 4.35. The average molecular weight is 293 g/mol. The summed E-state index contributed by atoms with van der Waals surface area (Å²) in [6.07, 6.45) is 0.671. The van der Waals surface area contributed by atoms with E-state index in [1.165, 1.54) is 0 Å². The molecular formula is C14H19N3O2S. The molecule has 5 nitrogen and oxygen atoms in total. The van der Waals surface area contributed by atoms with E-state index < -0.39 is 0 Å². The Labute approximate surface area is 124 Å². The summed E-state index contributed by atoms with van der Waals surface area (Å²) in [4.78, 5) is 15.6. The number of nitrogens with zero attached hydrogens (tertiary/aromatic N) is 1. The summed E-state index contributed by atoms with van der Waals surface area (Å²) in [6, 6.07) is 5.13. The molecular weight excluding hydrogens is 274 g/mol. The number of aliphatic imine (C=N–C) groups is 1. The minimum atomic E-state index is 0.293. The standard InChI is InChI=1S/C14H19N3O2S/c1-9(16-2)14(20)8-19-10-4-5-12(15)11(6-10)13(7-18)17-3/h4-7,16,20H,8,15H2,1-3H3/b14-9-,17-13?. The van der Waals surface area contributed by atoms with Gasteiger partial charge in [0.25, 0.3) is 0 Å². The molecule has 0 unspecified atom stereocenters. The molecule has 0 aromatic heterocycles. The fourth-order valence-electron chi connectivity index (χ4n) is 1.49. The second-order valence-electron chi connectivity index (χ2n) is 4.09. The van der Waals surface area contributed by atoms with E-state index in [4.69, 9.17) is 10.5 Å². The smallest absolute Gasteiger partial charge is 0.168 e. The van der Waals surface area contributed by atoms with Crippen molar-refractivity contribution in [2.24, 2.45) is 4.99 Å². The molecule has 1 aromatic rings. The van der Waals surface area contributed by atoms with Gasteiger partial charge < -0.3 is 15.8 Å². The molecule has 0 saturated heterocycles. The van der Waals surface area contributed by atoms with Crippen LogP contribution in [0.15, 0.2) is 33.8 Å². The molecule has 0 aliphatic rings. The zero-order chi connectivity index (χ0) is 15.1. The summed E-state index contributed by atoms with van der Waals surface area (Å²) in [7, 11) is 3.36. The first-order valence-electron chi connectivity index (χ1n) is 6.04. The first-order chi connectivity index (χ1) is 9.53. The number of thiol groups is 1. The number of aldehydes is 1. The third kappa shape index (κ3) is 4.03. The fraction of sp³-hybridized carbons (Fsp3) is 0.286. The van der Waals surface area contributed by atoms with E-state index in [1.54, 1.807) is 25.2 Å². The topological polar surface area (TPSA) is 76.7 Å². The zero-order valence-electron chi connectivity index (χ0n) is 11.8. The summed E-state index contributed by atoms with van der Waals surface area (Å²) < 4.78 is 5.62. The van der Waals surface area contributed by atoms with Crippen molar-refractivity contribution in [3.8, 4) is 5.75 Å². The van der Waals surface area contributed by atoms with E-state index >= 15 is 0 Å². The van der Waals surface area contributed by atoms with Crippen LogP contribution < -0.4 is 15.8 Å². The second-order valence-corrected chi connectivity index (χ2v) is 4.63. The van der Waals surface area contributed by atoms with Crippen molar-refractivity contribution in [1.82, 2.24) is 5.32 Å². The molecule has 0 atom stereocenters. The maximum Gasteiger partial charge on any atom is 0.168 e. The molecule has 0 saturated carbocycles. The van der Waals surface area contributed by atoms with Crippen LogP contribution in [0.3, 0.4) is 0 Å². The van der Waals surface area contributed by atoms with Crippen LogP contribution in [-0.4, -0.2) is 32.7 Å². The maximum atomic E-state index is 10.9. The first-order valence-corrected chi connectivity index (χ1v) is 6.49. The highest BCUT2D eigenvalue weighted by Gasteiger charge is 2.08. The molecule has 0 heterocycles. The van der Waals surface area contributed by atoms with Crippen molar-refractivity contribution in [3.63, 3.8) is 0 Å². The summed E-state index contributed by atoms with van der Waals surface area (Å²) in [6.45, 7) is 2.24. The highest BCUT2D eigenvalue weighted by molar-refractivity contribution is 7.84. The Morgan fingerprint density at radius 1 is 1.55 bits per heavy atom. The summed E-state index contributed by atoms with van der Waals surface area (Å²) in [5.41, 5.74) is 8.12. The third-order valence-corrected chi connectivity index (χ3v) is 3.30. The van der Waals surface area contributed by atoms with Gasteiger partial charge in [0.1, 0.15) is 18.1 Å². The molecule has 108 valence electrons. The number of rotatable bonds is 6. The van der Waals surface area contributed by atoms with Crippen molar-refractivity contribution in [1.29, 1.82) is 0 Å². The molecule has 3 N–H and O–H groups in total. The summed E-state index contributed by atoms with van der Waals surface area (Å²) in [5.74, 6) is 0.604. The Hall–Kier alpha value is -1.95. The van der Waals surface area contributed by atoms with Gasteiger partial charge in [-0.1, -0.05) is 0 Å². The highest BCUT2D eigenvalue weighted by Crippen LogP contribution is 2.21. The molecule has 6 heteroatoms. The minimum Gasteiger partial charge on any atom is -0.488 e. The van der Waals surface area contributed by atoms with Gasteiger partial charge in [-0.25, -0.2) is 0 Å². The first kappa shape index (κ1) is 16.1. The Balaban J connectivity index is 2.94. The average Bonchev–Trinajstić information content (AvgIpc) is 2.47. The number of anilines is 1. The Bertz CT molecular complexity index is 553. The lowest BCUT2D eigenvalue weighted by Crippen LogP contribution is -2.09. The predicted molar refractivity (Wildman–Crippen MR) is 85.6 cm³/mol. The summed E-state index contributed by atoms with van der Waals surface area (Å²) in [5, 5.41) is 3.00. The van der Waals surface area contributed by atoms with Gasteiger partial charge in [0, 0.05) is 35.9 Å². The lowest BCUT2D eigenvalue weighted by molar-refractivity contribution is -0.102. The molecule has 0 bridgehead atoms. The quantitative estimate of drug-likeness (QED) is 0.322. The number of nitrogens with one attached hydrogen (secondary N) is 1. The van der Waals surface area contributed by atoms with E-state index in [1.807, 2.05) is 14.0 Å². The van der Waals surface area contributed by atoms with Crippen LogP contribution in [0.5, 0.6) is 5.75 Å². The van der Waals surface area contributed by atoms with E-state index in [-0.39, 0.29) is 0 Å². The van der Waals surface area contributed by atoms with E-state index in [9.17, 15) is 4.79 Å². The fourth-order valence-corrected chi connectivity index (χ4v) is 1.66. The van der Waals surface area contributed by atoms with Crippen LogP contribution in [0.4, 0.5) is 5.69 Å². The molecule has 0 aliphatic carbocycles. The second kappa shape index (κ2) is 7.59. The van der Waals surface area contributed by atoms with Gasteiger partial charge in [0.2, 0.25) is 0 Å². The van der Waals surface area contributed by atoms with Crippen LogP contribution >= 0.6 is 12.6 Å². The van der Waals surface area contributed by atoms with Crippen molar-refractivity contribution >= 4 is 30.3 Å². The number of nitrogen functional groups attached to an aromatic ring is 1. The van der Waals surface area contributed by atoms with Gasteiger partial charge in [-0.05, 0) is 25.1 Å². The van der Waals surface area contributed by atoms with Crippen molar-refractivity contribution in [2.45, 2.75) is 6.92 Å². The van der Waals surface area contributed by atoms with Gasteiger partial charge >= 0.3 is 0 Å². The number of hydrogen-bond acceptors (Lipinski definition) is 6. The van der Waals surface area contributed by atoms with Crippen LogP contribution in [0.2, 0.25) is 0 Å². The Morgan fingerprint density at radius 2 is 2.25 bits per heavy atom. The third-order valence-electron chi connectivity index (χ3n) is 2.84. The molecule has 0 radical (unpaired) electrons. The number of nitrogens with two attached hydrogens (primary N) is 1. The minimum absolute atomic E-state index is 0.293. The lowest BCUT2D eigenvalue weighted by Gasteiger charge is -2.11. The Morgan fingerprint density at radius 3 is 2.80 bits per heavy atom. The van der Waals surface area contributed by atoms with Crippen LogP contribution in [-0.2, 0) is 4.79 Å². The van der Waals surface area contributed by atoms with Crippen LogP contribution in [0.25, 0.3) is 0 Å². The SMILES string of the molecule is CN=C(C=O)c1cc(OC/C(S)=C(\C)NC)ccc1N. The molecule has 0 fully saturated rings. The van der Waals surface area contributed by atoms with E-state index in [0.29, 0.717) is 35.6 Å². The number of hydrogen-bond donors (Lipinski definition) is 3. The molecule has 1 rings (SSSR count). The zero-order valence-corrected chi connectivity index (χ0v) is 12.7. The normalized spacial score (nSPS) is 12.7. The van der Waals surface area contributed by atoms with Crippen molar-refractivity contribution in [3.05, 3.63) is 34.4 Å². The number of carbonyl (C=O) groups is 1. The molecule has 0 spiro atoms. The Kier molecular flexibility index (Phi) is 6.11. The van der Waals surface area contributed by atoms with E-state index in [2.05, 4.69) is 22.9 Å². The number of allylic oxidation sites excluding steroid dienone is 1. The maximum absolute atomic E-state index is 10.9. The molecule has 0 amide bonds. The lowest BCUT2D eigenvalue weighted by atomic mass is 10.1. The number of ether oxygens (including phenoxy) is 1.